The van der Waals surface area contributed by atoms with Gasteiger partial charge in [-0.05, 0) is 75.2 Å². The SMILES string of the molecule is CN(C)C1CCC(Nc2ncnc3ccc(C(C=NCc4ccncc4)=CN)cc23)CC1. The van der Waals surface area contributed by atoms with Crippen molar-refractivity contribution in [3.63, 3.8) is 0 Å². The van der Waals surface area contributed by atoms with E-state index in [9.17, 15) is 0 Å². The van der Waals surface area contributed by atoms with Crippen LogP contribution < -0.4 is 11.1 Å². The number of hydrogen-bond acceptors (Lipinski definition) is 7. The first-order valence-electron chi connectivity index (χ1n) is 11.1. The lowest BCUT2D eigenvalue weighted by Gasteiger charge is -2.33. The Kier molecular flexibility index (Phi) is 7.07. The second-order valence-corrected chi connectivity index (χ2v) is 8.51. The summed E-state index contributed by atoms with van der Waals surface area (Å²) in [6.07, 6.45) is 13.3. The van der Waals surface area contributed by atoms with E-state index in [1.54, 1.807) is 24.9 Å². The maximum absolute atomic E-state index is 5.94. The molecule has 0 unspecified atom stereocenters. The summed E-state index contributed by atoms with van der Waals surface area (Å²) in [5.74, 6) is 0.884. The monoisotopic (exact) mass is 429 g/mol. The van der Waals surface area contributed by atoms with Gasteiger partial charge in [0.05, 0.1) is 12.1 Å². The van der Waals surface area contributed by atoms with E-state index >= 15 is 0 Å². The normalized spacial score (nSPS) is 19.7. The van der Waals surface area contributed by atoms with Crippen molar-refractivity contribution in [2.45, 2.75) is 44.3 Å². The molecule has 7 nitrogen and oxygen atoms in total. The topological polar surface area (TPSA) is 92.3 Å². The number of anilines is 1. The molecule has 3 N–H and O–H groups in total. The van der Waals surface area contributed by atoms with Gasteiger partial charge in [0.25, 0.3) is 0 Å². The maximum atomic E-state index is 5.94. The first kappa shape index (κ1) is 21.9. The third-order valence-electron chi connectivity index (χ3n) is 6.17. The largest absolute Gasteiger partial charge is 0.404 e. The van der Waals surface area contributed by atoms with Crippen molar-refractivity contribution >= 4 is 28.5 Å². The van der Waals surface area contributed by atoms with E-state index in [0.717, 1.165) is 46.3 Å². The third kappa shape index (κ3) is 5.29. The summed E-state index contributed by atoms with van der Waals surface area (Å²) in [7, 11) is 4.33. The Bertz CT molecular complexity index is 1080. The molecule has 1 saturated carbocycles. The fraction of sp³-hybridized carbons (Fsp3) is 0.360. The van der Waals surface area contributed by atoms with E-state index in [1.807, 2.05) is 30.5 Å². The Labute approximate surface area is 189 Å². The van der Waals surface area contributed by atoms with Crippen molar-refractivity contribution in [1.29, 1.82) is 0 Å². The summed E-state index contributed by atoms with van der Waals surface area (Å²) in [5, 5.41) is 4.67. The number of fused-ring (bicyclic) bond motifs is 1. The maximum Gasteiger partial charge on any atom is 0.137 e. The molecule has 1 fully saturated rings. The van der Waals surface area contributed by atoms with Crippen LogP contribution in [0.3, 0.4) is 0 Å². The number of pyridine rings is 1. The zero-order valence-corrected chi connectivity index (χ0v) is 18.8. The van der Waals surface area contributed by atoms with E-state index < -0.39 is 0 Å². The van der Waals surface area contributed by atoms with Crippen molar-refractivity contribution in [2.24, 2.45) is 10.7 Å². The molecule has 0 saturated heterocycles. The van der Waals surface area contributed by atoms with Gasteiger partial charge in [-0.15, -0.1) is 0 Å². The quantitative estimate of drug-likeness (QED) is 0.554. The van der Waals surface area contributed by atoms with Gasteiger partial charge in [-0.2, -0.15) is 0 Å². The molecule has 0 spiro atoms. The zero-order chi connectivity index (χ0) is 22.3. The molecule has 2 heterocycles. The van der Waals surface area contributed by atoms with Crippen molar-refractivity contribution in [2.75, 3.05) is 19.4 Å². The molecular weight excluding hydrogens is 398 g/mol. The Balaban J connectivity index is 1.51. The van der Waals surface area contributed by atoms with E-state index in [0.29, 0.717) is 18.6 Å². The van der Waals surface area contributed by atoms with Gasteiger partial charge in [0, 0.05) is 47.9 Å². The van der Waals surface area contributed by atoms with Gasteiger partial charge < -0.3 is 16.0 Å². The fourth-order valence-corrected chi connectivity index (χ4v) is 4.23. The molecule has 7 heteroatoms. The minimum Gasteiger partial charge on any atom is -0.404 e. The minimum atomic E-state index is 0.430. The Morgan fingerprint density at radius 1 is 1.12 bits per heavy atom. The Morgan fingerprint density at radius 3 is 2.62 bits per heavy atom. The number of nitrogens with two attached hydrogens (primary N) is 1. The van der Waals surface area contributed by atoms with E-state index in [1.165, 1.54) is 12.8 Å². The minimum absolute atomic E-state index is 0.430. The van der Waals surface area contributed by atoms with Gasteiger partial charge in [-0.25, -0.2) is 9.97 Å². The molecule has 0 amide bonds. The van der Waals surface area contributed by atoms with E-state index in [2.05, 4.69) is 50.3 Å². The molecule has 1 aromatic carbocycles. The number of nitrogens with one attached hydrogen (secondary N) is 1. The Morgan fingerprint density at radius 2 is 1.91 bits per heavy atom. The molecule has 3 aromatic rings. The molecule has 4 rings (SSSR count). The fourth-order valence-electron chi connectivity index (χ4n) is 4.23. The van der Waals surface area contributed by atoms with Crippen LogP contribution in [0.25, 0.3) is 16.5 Å². The molecular formula is C25H31N7. The van der Waals surface area contributed by atoms with Gasteiger partial charge in [0.1, 0.15) is 12.1 Å². The van der Waals surface area contributed by atoms with Crippen LogP contribution in [0.15, 0.2) is 60.2 Å². The predicted molar refractivity (Wildman–Crippen MR) is 131 cm³/mol. The Hall–Kier alpha value is -3.32. The third-order valence-corrected chi connectivity index (χ3v) is 6.17. The van der Waals surface area contributed by atoms with Crippen LogP contribution in [-0.4, -0.2) is 52.2 Å². The number of nitrogens with zero attached hydrogens (tertiary/aromatic N) is 5. The number of allylic oxidation sites excluding steroid dienone is 1. The standard InChI is InChI=1S/C25H31N7/c1-32(2)22-6-4-21(5-7-22)31-25-23-13-19(3-8-24(23)29-17-30-25)20(14-26)16-28-15-18-9-11-27-12-10-18/h3,8-14,16-17,21-22H,4-7,15,26H2,1-2H3,(H,29,30,31). The van der Waals surface area contributed by atoms with Crippen molar-refractivity contribution in [3.8, 4) is 0 Å². The number of rotatable bonds is 7. The summed E-state index contributed by atoms with van der Waals surface area (Å²) in [5.41, 5.74) is 9.82. The van der Waals surface area contributed by atoms with Crippen LogP contribution in [-0.2, 0) is 6.54 Å². The van der Waals surface area contributed by atoms with Gasteiger partial charge in [-0.1, -0.05) is 6.07 Å². The van der Waals surface area contributed by atoms with Crippen LogP contribution in [0.1, 0.15) is 36.8 Å². The highest BCUT2D eigenvalue weighted by Crippen LogP contribution is 2.28. The van der Waals surface area contributed by atoms with Crippen LogP contribution >= 0.6 is 0 Å². The van der Waals surface area contributed by atoms with Crippen molar-refractivity contribution < 1.29 is 0 Å². The van der Waals surface area contributed by atoms with Gasteiger partial charge >= 0.3 is 0 Å². The molecule has 1 aliphatic carbocycles. The predicted octanol–water partition coefficient (Wildman–Crippen LogP) is 3.88. The number of aromatic nitrogens is 3. The van der Waals surface area contributed by atoms with E-state index in [4.69, 9.17) is 5.73 Å². The second kappa shape index (κ2) is 10.3. The second-order valence-electron chi connectivity index (χ2n) is 8.51. The van der Waals surface area contributed by atoms with Crippen LogP contribution in [0.4, 0.5) is 5.82 Å². The molecule has 1 aliphatic rings. The highest BCUT2D eigenvalue weighted by Gasteiger charge is 2.23. The zero-order valence-electron chi connectivity index (χ0n) is 18.8. The van der Waals surface area contributed by atoms with Crippen LogP contribution in [0.5, 0.6) is 0 Å². The highest BCUT2D eigenvalue weighted by molar-refractivity contribution is 6.11. The number of benzene rings is 1. The smallest absolute Gasteiger partial charge is 0.137 e. The summed E-state index contributed by atoms with van der Waals surface area (Å²) >= 11 is 0. The molecule has 0 atom stereocenters. The average Bonchev–Trinajstić information content (AvgIpc) is 2.83. The van der Waals surface area contributed by atoms with Gasteiger partial charge in [0.2, 0.25) is 0 Å². The number of hydrogen-bond donors (Lipinski definition) is 2. The van der Waals surface area contributed by atoms with Crippen molar-refractivity contribution in [3.05, 3.63) is 66.4 Å². The summed E-state index contributed by atoms with van der Waals surface area (Å²) in [4.78, 5) is 19.9. The highest BCUT2D eigenvalue weighted by atomic mass is 15.1. The molecule has 0 bridgehead atoms. The first-order valence-corrected chi connectivity index (χ1v) is 11.1. The van der Waals surface area contributed by atoms with E-state index in [-0.39, 0.29) is 0 Å². The summed E-state index contributed by atoms with van der Waals surface area (Å²) in [6.45, 7) is 0.582. The van der Waals surface area contributed by atoms with Gasteiger partial charge in [-0.3, -0.25) is 9.98 Å². The lowest BCUT2D eigenvalue weighted by Crippen LogP contribution is -2.36. The lowest BCUT2D eigenvalue weighted by atomic mass is 9.90. The molecule has 2 aromatic heterocycles. The molecule has 166 valence electrons. The lowest BCUT2D eigenvalue weighted by molar-refractivity contribution is 0.221. The average molecular weight is 430 g/mol. The molecule has 0 aliphatic heterocycles. The van der Waals surface area contributed by atoms with Crippen LogP contribution in [0, 0.1) is 0 Å². The molecule has 32 heavy (non-hydrogen) atoms. The van der Waals surface area contributed by atoms with Crippen molar-refractivity contribution in [1.82, 2.24) is 19.9 Å². The van der Waals surface area contributed by atoms with Gasteiger partial charge in [0.15, 0.2) is 0 Å². The summed E-state index contributed by atoms with van der Waals surface area (Å²) < 4.78 is 0. The number of aliphatic imine (C=N–C) groups is 1. The summed E-state index contributed by atoms with van der Waals surface area (Å²) in [6, 6.07) is 11.2. The first-order chi connectivity index (χ1) is 15.6. The molecule has 0 radical (unpaired) electrons. The van der Waals surface area contributed by atoms with Crippen LogP contribution in [0.2, 0.25) is 0 Å².